The number of ether oxygens (including phenoxy) is 1. The zero-order valence-corrected chi connectivity index (χ0v) is 14.5. The summed E-state index contributed by atoms with van der Waals surface area (Å²) in [5.41, 5.74) is 2.54. The van der Waals surface area contributed by atoms with E-state index in [4.69, 9.17) is 0 Å². The molecule has 1 saturated carbocycles. The Kier molecular flexibility index (Phi) is 5.31. The minimum atomic E-state index is -0.394. The summed E-state index contributed by atoms with van der Waals surface area (Å²) in [7, 11) is 1.33. The summed E-state index contributed by atoms with van der Waals surface area (Å²) in [5, 5.41) is 5.66. The van der Waals surface area contributed by atoms with Crippen molar-refractivity contribution in [3.05, 3.63) is 65.2 Å². The fourth-order valence-corrected chi connectivity index (χ4v) is 2.46. The van der Waals surface area contributed by atoms with Gasteiger partial charge in [-0.05, 0) is 54.8 Å². The van der Waals surface area contributed by atoms with Crippen LogP contribution in [0.15, 0.2) is 48.5 Å². The topological polar surface area (TPSA) is 84.5 Å². The number of anilines is 1. The molecule has 3 rings (SSSR count). The molecule has 6 nitrogen and oxygen atoms in total. The largest absolute Gasteiger partial charge is 0.465 e. The van der Waals surface area contributed by atoms with Gasteiger partial charge in [0, 0.05) is 23.7 Å². The molecule has 0 atom stereocenters. The predicted octanol–water partition coefficient (Wildman–Crippen LogP) is 2.75. The van der Waals surface area contributed by atoms with E-state index >= 15 is 0 Å². The van der Waals surface area contributed by atoms with Crippen LogP contribution in [0.1, 0.15) is 39.1 Å². The first-order chi connectivity index (χ1) is 12.6. The van der Waals surface area contributed by atoms with E-state index < -0.39 is 5.97 Å². The number of carbonyl (C=O) groups is 3. The molecular weight excluding hydrogens is 332 g/mol. The first-order valence-electron chi connectivity index (χ1n) is 8.43. The molecule has 6 heteroatoms. The van der Waals surface area contributed by atoms with E-state index in [9.17, 15) is 14.4 Å². The van der Waals surface area contributed by atoms with Crippen LogP contribution in [0.2, 0.25) is 0 Å². The van der Waals surface area contributed by atoms with Crippen molar-refractivity contribution in [2.75, 3.05) is 12.4 Å². The van der Waals surface area contributed by atoms with E-state index in [2.05, 4.69) is 15.4 Å². The van der Waals surface area contributed by atoms with Crippen molar-refractivity contribution in [3.8, 4) is 0 Å². The first kappa shape index (κ1) is 17.7. The Morgan fingerprint density at radius 3 is 2.15 bits per heavy atom. The van der Waals surface area contributed by atoms with Gasteiger partial charge < -0.3 is 15.4 Å². The zero-order valence-electron chi connectivity index (χ0n) is 14.5. The van der Waals surface area contributed by atoms with Crippen molar-refractivity contribution < 1.29 is 19.1 Å². The second-order valence-electron chi connectivity index (χ2n) is 6.21. The third-order valence-corrected chi connectivity index (χ3v) is 4.19. The van der Waals surface area contributed by atoms with Crippen molar-refractivity contribution in [2.24, 2.45) is 5.92 Å². The van der Waals surface area contributed by atoms with Gasteiger partial charge in [0.15, 0.2) is 0 Å². The summed E-state index contributed by atoms with van der Waals surface area (Å²) >= 11 is 0. The second kappa shape index (κ2) is 7.82. The Balaban J connectivity index is 1.52. The lowest BCUT2D eigenvalue weighted by Crippen LogP contribution is -2.22. The molecule has 1 fully saturated rings. The number of esters is 1. The molecule has 0 saturated heterocycles. The van der Waals surface area contributed by atoms with Gasteiger partial charge in [-0.3, -0.25) is 9.59 Å². The van der Waals surface area contributed by atoms with Crippen LogP contribution in [0.3, 0.4) is 0 Å². The van der Waals surface area contributed by atoms with Gasteiger partial charge in [-0.25, -0.2) is 4.79 Å². The van der Waals surface area contributed by atoms with Crippen LogP contribution in [0, 0.1) is 5.92 Å². The maximum Gasteiger partial charge on any atom is 0.337 e. The van der Waals surface area contributed by atoms with Crippen molar-refractivity contribution in [1.29, 1.82) is 0 Å². The third-order valence-electron chi connectivity index (χ3n) is 4.19. The predicted molar refractivity (Wildman–Crippen MR) is 96.7 cm³/mol. The third kappa shape index (κ3) is 4.47. The lowest BCUT2D eigenvalue weighted by molar-refractivity contribution is -0.117. The fourth-order valence-electron chi connectivity index (χ4n) is 2.46. The molecule has 2 aromatic rings. The van der Waals surface area contributed by atoms with Gasteiger partial charge in [0.05, 0.1) is 12.7 Å². The van der Waals surface area contributed by atoms with E-state index in [1.807, 2.05) is 0 Å². The number of amides is 2. The van der Waals surface area contributed by atoms with E-state index in [-0.39, 0.29) is 17.7 Å². The number of benzene rings is 2. The van der Waals surface area contributed by atoms with Crippen LogP contribution in [-0.2, 0) is 16.1 Å². The molecule has 0 aliphatic heterocycles. The molecule has 134 valence electrons. The summed E-state index contributed by atoms with van der Waals surface area (Å²) in [5.74, 6) is -0.419. The average molecular weight is 352 g/mol. The molecule has 0 radical (unpaired) electrons. The van der Waals surface area contributed by atoms with Crippen LogP contribution in [0.25, 0.3) is 0 Å². The Hall–Kier alpha value is -3.15. The molecule has 0 bridgehead atoms. The highest BCUT2D eigenvalue weighted by Crippen LogP contribution is 2.30. The first-order valence-corrected chi connectivity index (χ1v) is 8.43. The molecule has 2 amide bonds. The highest BCUT2D eigenvalue weighted by molar-refractivity contribution is 5.96. The smallest absolute Gasteiger partial charge is 0.337 e. The highest BCUT2D eigenvalue weighted by atomic mass is 16.5. The number of carbonyl (C=O) groups excluding carboxylic acids is 3. The Bertz CT molecular complexity index is 809. The lowest BCUT2D eigenvalue weighted by atomic mass is 10.1. The van der Waals surface area contributed by atoms with Crippen molar-refractivity contribution in [3.63, 3.8) is 0 Å². The normalized spacial score (nSPS) is 13.0. The minimum Gasteiger partial charge on any atom is -0.465 e. The lowest BCUT2D eigenvalue weighted by Gasteiger charge is -2.08. The number of hydrogen-bond acceptors (Lipinski definition) is 4. The molecule has 0 aromatic heterocycles. The average Bonchev–Trinajstić information content (AvgIpc) is 3.52. The molecule has 0 heterocycles. The van der Waals surface area contributed by atoms with Gasteiger partial charge in [-0.1, -0.05) is 12.1 Å². The molecular formula is C20H20N2O4. The Morgan fingerprint density at radius 2 is 1.58 bits per heavy atom. The Labute approximate surface area is 151 Å². The summed E-state index contributed by atoms with van der Waals surface area (Å²) < 4.78 is 4.65. The van der Waals surface area contributed by atoms with Gasteiger partial charge in [-0.2, -0.15) is 0 Å². The summed E-state index contributed by atoms with van der Waals surface area (Å²) in [6.45, 7) is 0.348. The zero-order chi connectivity index (χ0) is 18.5. The van der Waals surface area contributed by atoms with Crippen LogP contribution < -0.4 is 10.6 Å². The van der Waals surface area contributed by atoms with Crippen LogP contribution in [0.4, 0.5) is 5.69 Å². The van der Waals surface area contributed by atoms with E-state index in [1.165, 1.54) is 7.11 Å². The number of hydrogen-bond donors (Lipinski definition) is 2. The SMILES string of the molecule is COC(=O)c1ccc(CNC(=O)c2ccc(NC(=O)C3CC3)cc2)cc1. The van der Waals surface area contributed by atoms with Crippen molar-refractivity contribution in [1.82, 2.24) is 5.32 Å². The quantitative estimate of drug-likeness (QED) is 0.783. The molecule has 0 spiro atoms. The van der Waals surface area contributed by atoms with Crippen LogP contribution in [-0.4, -0.2) is 24.9 Å². The van der Waals surface area contributed by atoms with Crippen LogP contribution in [0.5, 0.6) is 0 Å². The molecule has 1 aliphatic carbocycles. The van der Waals surface area contributed by atoms with E-state index in [0.29, 0.717) is 23.4 Å². The molecule has 2 aromatic carbocycles. The molecule has 0 unspecified atom stereocenters. The van der Waals surface area contributed by atoms with Gasteiger partial charge in [0.2, 0.25) is 5.91 Å². The van der Waals surface area contributed by atoms with Gasteiger partial charge in [0.1, 0.15) is 0 Å². The second-order valence-corrected chi connectivity index (χ2v) is 6.21. The number of nitrogens with one attached hydrogen (secondary N) is 2. The molecule has 2 N–H and O–H groups in total. The van der Waals surface area contributed by atoms with E-state index in [1.54, 1.807) is 48.5 Å². The van der Waals surface area contributed by atoms with Gasteiger partial charge >= 0.3 is 5.97 Å². The standard InChI is InChI=1S/C20H20N2O4/c1-26-20(25)16-4-2-13(3-5-16)12-21-18(23)14-8-10-17(11-9-14)22-19(24)15-6-7-15/h2-5,8-11,15H,6-7,12H2,1H3,(H,21,23)(H,22,24). The minimum absolute atomic E-state index is 0.0394. The highest BCUT2D eigenvalue weighted by Gasteiger charge is 2.29. The summed E-state index contributed by atoms with van der Waals surface area (Å²) in [4.78, 5) is 35.3. The summed E-state index contributed by atoms with van der Waals surface area (Å²) in [6, 6.07) is 13.7. The van der Waals surface area contributed by atoms with Gasteiger partial charge in [-0.15, -0.1) is 0 Å². The van der Waals surface area contributed by atoms with Crippen molar-refractivity contribution >= 4 is 23.5 Å². The number of methoxy groups -OCH3 is 1. The maximum absolute atomic E-state index is 12.2. The number of rotatable bonds is 6. The molecule has 1 aliphatic rings. The summed E-state index contributed by atoms with van der Waals surface area (Å²) in [6.07, 6.45) is 1.90. The van der Waals surface area contributed by atoms with E-state index in [0.717, 1.165) is 18.4 Å². The fraction of sp³-hybridized carbons (Fsp3) is 0.250. The Morgan fingerprint density at radius 1 is 0.962 bits per heavy atom. The van der Waals surface area contributed by atoms with Crippen LogP contribution >= 0.6 is 0 Å². The molecule has 26 heavy (non-hydrogen) atoms. The monoisotopic (exact) mass is 352 g/mol. The maximum atomic E-state index is 12.2. The van der Waals surface area contributed by atoms with Gasteiger partial charge in [0.25, 0.3) is 5.91 Å². The van der Waals surface area contributed by atoms with Crippen molar-refractivity contribution in [2.45, 2.75) is 19.4 Å².